The van der Waals surface area contributed by atoms with Crippen molar-refractivity contribution in [1.29, 1.82) is 0 Å². The smallest absolute Gasteiger partial charge is 0.339 e. The number of carbonyl (C=O) groups excluding carboxylic acids is 1. The van der Waals surface area contributed by atoms with Crippen LogP contribution >= 0.6 is 0 Å². The van der Waals surface area contributed by atoms with Crippen LogP contribution in [0.2, 0.25) is 0 Å². The van der Waals surface area contributed by atoms with Gasteiger partial charge in [-0.3, -0.25) is 0 Å². The molecule has 18 heavy (non-hydrogen) atoms. The Morgan fingerprint density at radius 2 is 1.89 bits per heavy atom. The number of phenolic OH excluding ortho intramolecular Hbond substituents is 1. The Morgan fingerprint density at radius 3 is 2.33 bits per heavy atom. The fourth-order valence-corrected chi connectivity index (χ4v) is 1.84. The molecule has 1 unspecified atom stereocenters. The molecule has 0 fully saturated rings. The Labute approximate surface area is 107 Å². The van der Waals surface area contributed by atoms with E-state index in [2.05, 4.69) is 4.74 Å². The van der Waals surface area contributed by atoms with Gasteiger partial charge in [0, 0.05) is 0 Å². The molecule has 0 aliphatic heterocycles. The molecule has 1 atom stereocenters. The molecule has 0 heterocycles. The minimum atomic E-state index is -1.32. The second-order valence-electron chi connectivity index (χ2n) is 5.40. The van der Waals surface area contributed by atoms with E-state index in [1.54, 1.807) is 19.1 Å². The molecule has 0 saturated carbocycles. The van der Waals surface area contributed by atoms with E-state index in [4.69, 9.17) is 0 Å². The third-order valence-electron chi connectivity index (χ3n) is 2.91. The van der Waals surface area contributed by atoms with Crippen molar-refractivity contribution in [3.8, 4) is 5.75 Å². The maximum atomic E-state index is 11.4. The highest BCUT2D eigenvalue weighted by Crippen LogP contribution is 2.34. The van der Waals surface area contributed by atoms with Gasteiger partial charge in [-0.05, 0) is 41.2 Å². The zero-order chi connectivity index (χ0) is 14.1. The van der Waals surface area contributed by atoms with E-state index in [0.717, 1.165) is 0 Å². The van der Waals surface area contributed by atoms with Crippen LogP contribution in [0.1, 0.15) is 43.6 Å². The fourth-order valence-electron chi connectivity index (χ4n) is 1.84. The van der Waals surface area contributed by atoms with E-state index in [-0.39, 0.29) is 11.2 Å². The fraction of sp³-hybridized carbons (Fsp3) is 0.500. The lowest BCUT2D eigenvalue weighted by atomic mass is 9.83. The summed E-state index contributed by atoms with van der Waals surface area (Å²) in [6.45, 7) is 7.58. The summed E-state index contributed by atoms with van der Waals surface area (Å²) < 4.78 is 4.53. The standard InChI is InChI=1S/C14H20O4/c1-8-6-11(15)10(14(2,3)4)7-9(8)12(16)13(17)18-5/h6-7,12,15-16H,1-5H3. The normalized spacial score (nSPS) is 13.2. The summed E-state index contributed by atoms with van der Waals surface area (Å²) >= 11 is 0. The van der Waals surface area contributed by atoms with Gasteiger partial charge in [0.25, 0.3) is 0 Å². The molecule has 0 amide bonds. The Hall–Kier alpha value is -1.55. The molecule has 0 saturated heterocycles. The average molecular weight is 252 g/mol. The number of rotatable bonds is 2. The Kier molecular flexibility index (Phi) is 4.02. The number of aromatic hydroxyl groups is 1. The van der Waals surface area contributed by atoms with Crippen LogP contribution in [0, 0.1) is 6.92 Å². The number of carbonyl (C=O) groups is 1. The molecule has 2 N–H and O–H groups in total. The van der Waals surface area contributed by atoms with Gasteiger partial charge in [-0.25, -0.2) is 4.79 Å². The summed E-state index contributed by atoms with van der Waals surface area (Å²) in [5.74, 6) is -0.538. The van der Waals surface area contributed by atoms with Crippen molar-refractivity contribution in [3.05, 3.63) is 28.8 Å². The minimum absolute atomic E-state index is 0.167. The van der Waals surface area contributed by atoms with E-state index in [1.807, 2.05) is 20.8 Å². The van der Waals surface area contributed by atoms with Crippen molar-refractivity contribution in [3.63, 3.8) is 0 Å². The highest BCUT2D eigenvalue weighted by atomic mass is 16.5. The van der Waals surface area contributed by atoms with Gasteiger partial charge in [0.05, 0.1) is 7.11 Å². The summed E-state index contributed by atoms with van der Waals surface area (Å²) in [6.07, 6.45) is -1.32. The molecule has 0 radical (unpaired) electrons. The van der Waals surface area contributed by atoms with Crippen molar-refractivity contribution in [2.75, 3.05) is 7.11 Å². The van der Waals surface area contributed by atoms with Gasteiger partial charge < -0.3 is 14.9 Å². The van der Waals surface area contributed by atoms with Gasteiger partial charge in [0.2, 0.25) is 0 Å². The first-order chi connectivity index (χ1) is 8.18. The van der Waals surface area contributed by atoms with Crippen LogP contribution in [0.3, 0.4) is 0 Å². The lowest BCUT2D eigenvalue weighted by molar-refractivity contribution is -0.150. The predicted octanol–water partition coefficient (Wildman–Crippen LogP) is 2.20. The molecule has 0 aliphatic carbocycles. The monoisotopic (exact) mass is 252 g/mol. The van der Waals surface area contributed by atoms with Crippen molar-refractivity contribution < 1.29 is 19.7 Å². The largest absolute Gasteiger partial charge is 0.508 e. The number of aliphatic hydroxyl groups is 1. The maximum Gasteiger partial charge on any atom is 0.339 e. The molecule has 0 spiro atoms. The van der Waals surface area contributed by atoms with Crippen LogP contribution in [-0.2, 0) is 14.9 Å². The van der Waals surface area contributed by atoms with Crippen LogP contribution in [0.25, 0.3) is 0 Å². The Bertz CT molecular complexity index is 458. The van der Waals surface area contributed by atoms with Crippen LogP contribution in [-0.4, -0.2) is 23.3 Å². The number of aliphatic hydroxyl groups excluding tert-OH is 1. The lowest BCUT2D eigenvalue weighted by Crippen LogP contribution is -2.17. The highest BCUT2D eigenvalue weighted by Gasteiger charge is 2.25. The lowest BCUT2D eigenvalue weighted by Gasteiger charge is -2.23. The quantitative estimate of drug-likeness (QED) is 0.792. The molecule has 4 nitrogen and oxygen atoms in total. The molecule has 4 heteroatoms. The summed E-state index contributed by atoms with van der Waals surface area (Å²) in [4.78, 5) is 11.4. The van der Waals surface area contributed by atoms with E-state index in [0.29, 0.717) is 16.7 Å². The third kappa shape index (κ3) is 2.82. The van der Waals surface area contributed by atoms with E-state index in [9.17, 15) is 15.0 Å². The first kappa shape index (κ1) is 14.5. The predicted molar refractivity (Wildman–Crippen MR) is 68.5 cm³/mol. The minimum Gasteiger partial charge on any atom is -0.508 e. The average Bonchev–Trinajstić information content (AvgIpc) is 2.25. The topological polar surface area (TPSA) is 66.8 Å². The van der Waals surface area contributed by atoms with Crippen molar-refractivity contribution >= 4 is 5.97 Å². The molecule has 1 aromatic carbocycles. The first-order valence-corrected chi connectivity index (χ1v) is 5.78. The van der Waals surface area contributed by atoms with Crippen LogP contribution in [0.5, 0.6) is 5.75 Å². The number of methoxy groups -OCH3 is 1. The molecular formula is C14H20O4. The van der Waals surface area contributed by atoms with Crippen molar-refractivity contribution in [2.24, 2.45) is 0 Å². The number of aryl methyl sites for hydroxylation is 1. The molecule has 1 aromatic rings. The van der Waals surface area contributed by atoms with Crippen LogP contribution < -0.4 is 0 Å². The van der Waals surface area contributed by atoms with Gasteiger partial charge in [0.1, 0.15) is 5.75 Å². The van der Waals surface area contributed by atoms with E-state index in [1.165, 1.54) is 7.11 Å². The maximum absolute atomic E-state index is 11.4. The second-order valence-corrected chi connectivity index (χ2v) is 5.40. The Balaban J connectivity index is 3.34. The number of benzene rings is 1. The summed E-state index contributed by atoms with van der Waals surface area (Å²) in [5, 5.41) is 19.8. The number of esters is 1. The summed E-state index contributed by atoms with van der Waals surface area (Å²) in [6, 6.07) is 3.22. The first-order valence-electron chi connectivity index (χ1n) is 5.78. The zero-order valence-corrected chi connectivity index (χ0v) is 11.4. The Morgan fingerprint density at radius 1 is 1.33 bits per heavy atom. The molecular weight excluding hydrogens is 232 g/mol. The van der Waals surface area contributed by atoms with Gasteiger partial charge in [-0.1, -0.05) is 20.8 Å². The van der Waals surface area contributed by atoms with Crippen molar-refractivity contribution in [1.82, 2.24) is 0 Å². The molecule has 100 valence electrons. The van der Waals surface area contributed by atoms with Crippen molar-refractivity contribution in [2.45, 2.75) is 39.2 Å². The number of hydrogen-bond donors (Lipinski definition) is 2. The van der Waals surface area contributed by atoms with Gasteiger partial charge in [-0.15, -0.1) is 0 Å². The highest BCUT2D eigenvalue weighted by molar-refractivity contribution is 5.77. The van der Waals surface area contributed by atoms with Gasteiger partial charge in [0.15, 0.2) is 6.10 Å². The van der Waals surface area contributed by atoms with E-state index >= 15 is 0 Å². The second kappa shape index (κ2) is 4.98. The zero-order valence-electron chi connectivity index (χ0n) is 11.4. The summed E-state index contributed by atoms with van der Waals surface area (Å²) in [5.41, 5.74) is 1.52. The molecule has 0 aliphatic rings. The van der Waals surface area contributed by atoms with Gasteiger partial charge in [-0.2, -0.15) is 0 Å². The number of ether oxygens (including phenoxy) is 1. The number of hydrogen-bond acceptors (Lipinski definition) is 4. The van der Waals surface area contributed by atoms with E-state index < -0.39 is 12.1 Å². The number of phenols is 1. The molecule has 0 aromatic heterocycles. The molecule has 0 bridgehead atoms. The van der Waals surface area contributed by atoms with Crippen LogP contribution in [0.15, 0.2) is 12.1 Å². The molecule has 1 rings (SSSR count). The van der Waals surface area contributed by atoms with Gasteiger partial charge >= 0.3 is 5.97 Å². The third-order valence-corrected chi connectivity index (χ3v) is 2.91. The summed E-state index contributed by atoms with van der Waals surface area (Å²) in [7, 11) is 1.23. The SMILES string of the molecule is COC(=O)C(O)c1cc(C(C)(C)C)c(O)cc1C. The van der Waals surface area contributed by atoms with Crippen LogP contribution in [0.4, 0.5) is 0 Å².